The first-order valence-electron chi connectivity index (χ1n) is 3.52. The lowest BCUT2D eigenvalue weighted by Crippen LogP contribution is -2.17. The Morgan fingerprint density at radius 2 is 1.82 bits per heavy atom. The van der Waals surface area contributed by atoms with E-state index in [1.54, 1.807) is 32.9 Å². The highest BCUT2D eigenvalue weighted by Crippen LogP contribution is 2.07. The number of rotatable bonds is 6. The zero-order chi connectivity index (χ0) is 8.69. The van der Waals surface area contributed by atoms with E-state index in [0.717, 1.165) is 11.5 Å². The van der Waals surface area contributed by atoms with E-state index in [0.29, 0.717) is 0 Å². The minimum absolute atomic E-state index is 0.154. The van der Waals surface area contributed by atoms with Crippen LogP contribution in [0.25, 0.3) is 0 Å². The van der Waals surface area contributed by atoms with Crippen LogP contribution in [0.4, 0.5) is 0 Å². The number of aliphatic hydroxyl groups is 1. The first kappa shape index (κ1) is 11.2. The van der Waals surface area contributed by atoms with Crippen LogP contribution in [0, 0.1) is 0 Å². The van der Waals surface area contributed by atoms with Crippen LogP contribution < -0.4 is 0 Å². The summed E-state index contributed by atoms with van der Waals surface area (Å²) >= 11 is 1.62. The van der Waals surface area contributed by atoms with Crippen LogP contribution in [-0.4, -0.2) is 43.2 Å². The van der Waals surface area contributed by atoms with Crippen LogP contribution in [0.3, 0.4) is 0 Å². The number of thioether (sulfide) groups is 1. The maximum Gasteiger partial charge on any atom is 0.165 e. The summed E-state index contributed by atoms with van der Waals surface area (Å²) in [4.78, 5) is 0. The van der Waals surface area contributed by atoms with Gasteiger partial charge in [0.2, 0.25) is 0 Å². The molecule has 0 radical (unpaired) electrons. The number of aliphatic hydroxyl groups excluding tert-OH is 1. The SMILES string of the molecule is COC(CSC[C@@H](C)O)OC. The molecule has 0 aliphatic carbocycles. The number of ether oxygens (including phenoxy) is 2. The molecule has 0 saturated heterocycles. The Bertz CT molecular complexity index is 83.8. The predicted octanol–water partition coefficient (Wildman–Crippen LogP) is 0.719. The molecule has 0 rings (SSSR count). The summed E-state index contributed by atoms with van der Waals surface area (Å²) in [7, 11) is 3.22. The van der Waals surface area contributed by atoms with Crippen molar-refractivity contribution in [2.75, 3.05) is 25.7 Å². The van der Waals surface area contributed by atoms with Gasteiger partial charge >= 0.3 is 0 Å². The summed E-state index contributed by atoms with van der Waals surface area (Å²) in [5.74, 6) is 1.49. The molecule has 0 bridgehead atoms. The van der Waals surface area contributed by atoms with E-state index in [1.165, 1.54) is 0 Å². The lowest BCUT2D eigenvalue weighted by Gasteiger charge is -2.12. The smallest absolute Gasteiger partial charge is 0.165 e. The fourth-order valence-electron chi connectivity index (χ4n) is 0.567. The standard InChI is InChI=1S/C7H16O3S/c1-6(8)4-11-5-7(9-2)10-3/h6-8H,4-5H2,1-3H3/t6-/m1/s1. The van der Waals surface area contributed by atoms with Gasteiger partial charge in [0.05, 0.1) is 6.10 Å². The molecule has 1 N–H and O–H groups in total. The summed E-state index contributed by atoms with van der Waals surface area (Å²) in [5, 5.41) is 8.91. The minimum atomic E-state index is -0.255. The van der Waals surface area contributed by atoms with E-state index in [2.05, 4.69) is 0 Å². The monoisotopic (exact) mass is 180 g/mol. The lowest BCUT2D eigenvalue weighted by atomic mass is 10.5. The van der Waals surface area contributed by atoms with Gasteiger partial charge in [0, 0.05) is 25.7 Å². The lowest BCUT2D eigenvalue weighted by molar-refractivity contribution is -0.0842. The molecule has 0 saturated carbocycles. The van der Waals surface area contributed by atoms with Gasteiger partial charge in [0.1, 0.15) is 0 Å². The Labute approximate surface area is 72.1 Å². The van der Waals surface area contributed by atoms with E-state index in [9.17, 15) is 0 Å². The Hall–Kier alpha value is 0.230. The molecule has 0 unspecified atom stereocenters. The zero-order valence-corrected chi connectivity index (χ0v) is 8.06. The third-order valence-corrected chi connectivity index (χ3v) is 2.36. The molecular weight excluding hydrogens is 164 g/mol. The van der Waals surface area contributed by atoms with Gasteiger partial charge in [-0.3, -0.25) is 0 Å². The average Bonchev–Trinajstić information content (AvgIpc) is 1.98. The van der Waals surface area contributed by atoms with Gasteiger partial charge in [0.15, 0.2) is 6.29 Å². The molecule has 0 aromatic heterocycles. The van der Waals surface area contributed by atoms with Gasteiger partial charge in [-0.15, -0.1) is 0 Å². The van der Waals surface area contributed by atoms with Gasteiger partial charge in [0.25, 0.3) is 0 Å². The Morgan fingerprint density at radius 1 is 1.27 bits per heavy atom. The molecule has 4 heteroatoms. The van der Waals surface area contributed by atoms with Crippen molar-refractivity contribution in [2.45, 2.75) is 19.3 Å². The van der Waals surface area contributed by atoms with Crippen molar-refractivity contribution in [1.29, 1.82) is 0 Å². The summed E-state index contributed by atoms with van der Waals surface area (Å²) in [6, 6.07) is 0. The zero-order valence-electron chi connectivity index (χ0n) is 7.24. The largest absolute Gasteiger partial charge is 0.393 e. The molecule has 11 heavy (non-hydrogen) atoms. The van der Waals surface area contributed by atoms with Crippen LogP contribution in [0.5, 0.6) is 0 Å². The molecule has 0 heterocycles. The Balaban J connectivity index is 3.21. The first-order valence-corrected chi connectivity index (χ1v) is 4.67. The van der Waals surface area contributed by atoms with Gasteiger partial charge in [-0.1, -0.05) is 0 Å². The van der Waals surface area contributed by atoms with Crippen LogP contribution in [0.1, 0.15) is 6.92 Å². The number of hydrogen-bond acceptors (Lipinski definition) is 4. The highest BCUT2D eigenvalue weighted by molar-refractivity contribution is 7.99. The second-order valence-electron chi connectivity index (χ2n) is 2.29. The second kappa shape index (κ2) is 6.91. The molecule has 1 atom stereocenters. The van der Waals surface area contributed by atoms with Crippen molar-refractivity contribution < 1.29 is 14.6 Å². The van der Waals surface area contributed by atoms with E-state index in [1.807, 2.05) is 0 Å². The highest BCUT2D eigenvalue weighted by Gasteiger charge is 2.05. The average molecular weight is 180 g/mol. The van der Waals surface area contributed by atoms with Crippen molar-refractivity contribution in [2.24, 2.45) is 0 Å². The first-order chi connectivity index (χ1) is 5.20. The van der Waals surface area contributed by atoms with Crippen molar-refractivity contribution in [3.63, 3.8) is 0 Å². The summed E-state index contributed by atoms with van der Waals surface area (Å²) < 4.78 is 9.91. The van der Waals surface area contributed by atoms with Crippen LogP contribution in [0.15, 0.2) is 0 Å². The van der Waals surface area contributed by atoms with E-state index in [4.69, 9.17) is 14.6 Å². The molecule has 68 valence electrons. The van der Waals surface area contributed by atoms with E-state index in [-0.39, 0.29) is 12.4 Å². The van der Waals surface area contributed by atoms with Gasteiger partial charge in [-0.05, 0) is 6.92 Å². The molecule has 0 aromatic carbocycles. The summed E-state index contributed by atoms with van der Waals surface area (Å²) in [6.07, 6.45) is -0.409. The van der Waals surface area contributed by atoms with Crippen LogP contribution >= 0.6 is 11.8 Å². The molecule has 0 fully saturated rings. The molecule has 0 aromatic rings. The normalized spacial score (nSPS) is 13.9. The Morgan fingerprint density at radius 3 is 2.18 bits per heavy atom. The molecule has 0 aliphatic heterocycles. The number of methoxy groups -OCH3 is 2. The van der Waals surface area contributed by atoms with Crippen molar-refractivity contribution in [3.8, 4) is 0 Å². The van der Waals surface area contributed by atoms with E-state index < -0.39 is 0 Å². The quantitative estimate of drug-likeness (QED) is 0.611. The fraction of sp³-hybridized carbons (Fsp3) is 1.00. The Kier molecular flexibility index (Phi) is 7.06. The maximum atomic E-state index is 8.91. The van der Waals surface area contributed by atoms with Crippen molar-refractivity contribution >= 4 is 11.8 Å². The number of hydrogen-bond donors (Lipinski definition) is 1. The molecule has 0 aliphatic rings. The predicted molar refractivity (Wildman–Crippen MR) is 46.8 cm³/mol. The van der Waals surface area contributed by atoms with Crippen LogP contribution in [-0.2, 0) is 9.47 Å². The molecule has 0 amide bonds. The molecular formula is C7H16O3S. The van der Waals surface area contributed by atoms with Crippen molar-refractivity contribution in [3.05, 3.63) is 0 Å². The second-order valence-corrected chi connectivity index (χ2v) is 3.36. The minimum Gasteiger partial charge on any atom is -0.393 e. The van der Waals surface area contributed by atoms with Gasteiger partial charge < -0.3 is 14.6 Å². The maximum absolute atomic E-state index is 8.91. The van der Waals surface area contributed by atoms with E-state index >= 15 is 0 Å². The van der Waals surface area contributed by atoms with Gasteiger partial charge in [-0.2, -0.15) is 11.8 Å². The highest BCUT2D eigenvalue weighted by atomic mass is 32.2. The van der Waals surface area contributed by atoms with Gasteiger partial charge in [-0.25, -0.2) is 0 Å². The summed E-state index contributed by atoms with van der Waals surface area (Å²) in [5.41, 5.74) is 0. The molecule has 3 nitrogen and oxygen atoms in total. The molecule has 0 spiro atoms. The topological polar surface area (TPSA) is 38.7 Å². The van der Waals surface area contributed by atoms with Crippen LogP contribution in [0.2, 0.25) is 0 Å². The summed E-state index contributed by atoms with van der Waals surface area (Å²) in [6.45, 7) is 1.77. The third-order valence-electron chi connectivity index (χ3n) is 1.14. The fourth-order valence-corrected chi connectivity index (χ4v) is 1.51. The van der Waals surface area contributed by atoms with Crippen molar-refractivity contribution in [1.82, 2.24) is 0 Å². The third kappa shape index (κ3) is 6.62.